The second kappa shape index (κ2) is 7.39. The number of carbonyl (C=O) groups is 1. The van der Waals surface area contributed by atoms with E-state index in [2.05, 4.69) is 16.8 Å². The SMILES string of the molecule is C=C(O/C=C/C)c1cc(C(F)(F)F)cn2c(C(=O)N3CCOCC3)nnc12. The molecule has 1 fully saturated rings. The van der Waals surface area contributed by atoms with Gasteiger partial charge in [0.2, 0.25) is 5.82 Å². The van der Waals surface area contributed by atoms with E-state index in [-0.39, 0.29) is 22.8 Å². The number of amides is 1. The van der Waals surface area contributed by atoms with Crippen LogP contribution in [0.25, 0.3) is 11.4 Å². The van der Waals surface area contributed by atoms with Crippen molar-refractivity contribution < 1.29 is 27.4 Å². The summed E-state index contributed by atoms with van der Waals surface area (Å²) in [7, 11) is 0. The number of alkyl halides is 3. The highest BCUT2D eigenvalue weighted by molar-refractivity contribution is 5.92. The fourth-order valence-electron chi connectivity index (χ4n) is 2.62. The molecule has 3 heterocycles. The number of hydrogen-bond acceptors (Lipinski definition) is 5. The van der Waals surface area contributed by atoms with Crippen LogP contribution in [0.2, 0.25) is 0 Å². The standard InChI is InChI=1S/C17H17F3N4O3/c1-3-6-27-11(2)13-9-12(17(18,19)20)10-24-14(13)21-22-15(24)16(25)23-4-7-26-8-5-23/h3,6,9-10H,2,4-5,7-8H2,1H3/b6-3+. The maximum atomic E-state index is 13.4. The van der Waals surface area contributed by atoms with Crippen LogP contribution in [0.4, 0.5) is 13.2 Å². The highest BCUT2D eigenvalue weighted by atomic mass is 19.4. The molecular formula is C17H17F3N4O3. The number of carbonyl (C=O) groups excluding carboxylic acids is 1. The first-order valence-electron chi connectivity index (χ1n) is 8.13. The van der Waals surface area contributed by atoms with Crippen LogP contribution >= 0.6 is 0 Å². The van der Waals surface area contributed by atoms with Gasteiger partial charge >= 0.3 is 6.18 Å². The van der Waals surface area contributed by atoms with Crippen LogP contribution in [-0.2, 0) is 15.7 Å². The predicted molar refractivity (Wildman–Crippen MR) is 89.6 cm³/mol. The number of aromatic nitrogens is 3. The van der Waals surface area contributed by atoms with Gasteiger partial charge in [-0.2, -0.15) is 13.2 Å². The summed E-state index contributed by atoms with van der Waals surface area (Å²) < 4.78 is 51.5. The lowest BCUT2D eigenvalue weighted by Crippen LogP contribution is -2.41. The van der Waals surface area contributed by atoms with Gasteiger partial charge in [0, 0.05) is 19.3 Å². The van der Waals surface area contributed by atoms with Gasteiger partial charge in [-0.25, -0.2) is 0 Å². The minimum absolute atomic E-state index is 0.00328. The van der Waals surface area contributed by atoms with Gasteiger partial charge in [0.1, 0.15) is 5.76 Å². The molecule has 0 aliphatic carbocycles. The minimum atomic E-state index is -4.63. The van der Waals surface area contributed by atoms with Crippen molar-refractivity contribution in [3.63, 3.8) is 0 Å². The zero-order valence-electron chi connectivity index (χ0n) is 14.5. The molecule has 27 heavy (non-hydrogen) atoms. The lowest BCUT2D eigenvalue weighted by molar-refractivity contribution is -0.137. The largest absolute Gasteiger partial charge is 0.465 e. The van der Waals surface area contributed by atoms with Gasteiger partial charge < -0.3 is 14.4 Å². The van der Waals surface area contributed by atoms with Crippen molar-refractivity contribution in [2.24, 2.45) is 0 Å². The lowest BCUT2D eigenvalue weighted by Gasteiger charge is -2.26. The zero-order chi connectivity index (χ0) is 19.6. The maximum absolute atomic E-state index is 13.4. The van der Waals surface area contributed by atoms with Gasteiger partial charge in [-0.05, 0) is 13.0 Å². The summed E-state index contributed by atoms with van der Waals surface area (Å²) in [5.41, 5.74) is -0.920. The molecular weight excluding hydrogens is 365 g/mol. The molecule has 0 spiro atoms. The van der Waals surface area contributed by atoms with Crippen molar-refractivity contribution in [3.05, 3.63) is 48.1 Å². The van der Waals surface area contributed by atoms with Crippen molar-refractivity contribution in [2.75, 3.05) is 26.3 Å². The summed E-state index contributed by atoms with van der Waals surface area (Å²) in [5, 5.41) is 7.70. The van der Waals surface area contributed by atoms with Gasteiger partial charge in [0.25, 0.3) is 5.91 Å². The summed E-state index contributed by atoms with van der Waals surface area (Å²) in [5.74, 6) is -0.767. The molecule has 0 N–H and O–H groups in total. The molecule has 0 unspecified atom stereocenters. The maximum Gasteiger partial charge on any atom is 0.417 e. The van der Waals surface area contributed by atoms with Crippen molar-refractivity contribution in [1.82, 2.24) is 19.5 Å². The van der Waals surface area contributed by atoms with Crippen molar-refractivity contribution in [3.8, 4) is 0 Å². The number of pyridine rings is 1. The van der Waals surface area contributed by atoms with E-state index in [1.54, 1.807) is 13.0 Å². The van der Waals surface area contributed by atoms with Crippen molar-refractivity contribution >= 4 is 17.3 Å². The van der Waals surface area contributed by atoms with Gasteiger partial charge in [0.15, 0.2) is 5.65 Å². The Bertz CT molecular complexity index is 899. The zero-order valence-corrected chi connectivity index (χ0v) is 14.5. The minimum Gasteiger partial charge on any atom is -0.465 e. The molecule has 0 bridgehead atoms. The van der Waals surface area contributed by atoms with Crippen LogP contribution in [0, 0.1) is 0 Å². The van der Waals surface area contributed by atoms with Gasteiger partial charge in [-0.3, -0.25) is 9.20 Å². The van der Waals surface area contributed by atoms with E-state index in [4.69, 9.17) is 9.47 Å². The molecule has 2 aromatic rings. The van der Waals surface area contributed by atoms with Crippen LogP contribution in [0.3, 0.4) is 0 Å². The molecule has 10 heteroatoms. The van der Waals surface area contributed by atoms with Crippen LogP contribution in [-0.4, -0.2) is 51.7 Å². The molecule has 0 radical (unpaired) electrons. The quantitative estimate of drug-likeness (QED) is 0.761. The Hall–Kier alpha value is -2.88. The monoisotopic (exact) mass is 382 g/mol. The van der Waals surface area contributed by atoms with E-state index in [1.807, 2.05) is 0 Å². The van der Waals surface area contributed by atoms with Crippen LogP contribution in [0.5, 0.6) is 0 Å². The second-order valence-corrected chi connectivity index (χ2v) is 5.77. The van der Waals surface area contributed by atoms with Crippen LogP contribution in [0.1, 0.15) is 28.7 Å². The van der Waals surface area contributed by atoms with Crippen molar-refractivity contribution in [2.45, 2.75) is 13.1 Å². The number of halogens is 3. The number of rotatable bonds is 4. The number of ether oxygens (including phenoxy) is 2. The second-order valence-electron chi connectivity index (χ2n) is 5.77. The lowest BCUT2D eigenvalue weighted by atomic mass is 10.1. The molecule has 1 aliphatic rings. The number of hydrogen-bond donors (Lipinski definition) is 0. The van der Waals surface area contributed by atoms with E-state index < -0.39 is 17.6 Å². The Morgan fingerprint density at radius 2 is 2.04 bits per heavy atom. The molecule has 1 saturated heterocycles. The molecule has 0 aromatic carbocycles. The molecule has 2 aromatic heterocycles. The number of fused-ring (bicyclic) bond motifs is 1. The number of nitrogens with zero attached hydrogens (tertiary/aromatic N) is 4. The third kappa shape index (κ3) is 3.80. The first-order chi connectivity index (χ1) is 12.8. The summed E-state index contributed by atoms with van der Waals surface area (Å²) in [6.45, 7) is 6.71. The third-order valence-electron chi connectivity index (χ3n) is 3.97. The average molecular weight is 382 g/mol. The summed E-state index contributed by atoms with van der Waals surface area (Å²) >= 11 is 0. The van der Waals surface area contributed by atoms with E-state index in [1.165, 1.54) is 11.2 Å². The summed E-state index contributed by atoms with van der Waals surface area (Å²) in [4.78, 5) is 14.2. The topological polar surface area (TPSA) is 69.0 Å². The molecule has 0 atom stereocenters. The van der Waals surface area contributed by atoms with Gasteiger partial charge in [-0.1, -0.05) is 12.7 Å². The third-order valence-corrected chi connectivity index (χ3v) is 3.97. The fourth-order valence-corrected chi connectivity index (χ4v) is 2.62. The Morgan fingerprint density at radius 1 is 1.33 bits per heavy atom. The Kier molecular flexibility index (Phi) is 5.17. The average Bonchev–Trinajstić information content (AvgIpc) is 3.08. The summed E-state index contributed by atoms with van der Waals surface area (Å²) in [6, 6.07) is 0.874. The highest BCUT2D eigenvalue weighted by Crippen LogP contribution is 2.33. The molecule has 3 rings (SSSR count). The van der Waals surface area contributed by atoms with E-state index in [9.17, 15) is 18.0 Å². The van der Waals surface area contributed by atoms with Gasteiger partial charge in [0.05, 0.1) is 30.6 Å². The Balaban J connectivity index is 2.11. The van der Waals surface area contributed by atoms with Crippen molar-refractivity contribution in [1.29, 1.82) is 0 Å². The molecule has 1 aliphatic heterocycles. The molecule has 144 valence electrons. The molecule has 7 nitrogen and oxygen atoms in total. The predicted octanol–water partition coefficient (Wildman–Crippen LogP) is 2.74. The first-order valence-corrected chi connectivity index (χ1v) is 8.13. The first kappa shape index (κ1) is 18.9. The Morgan fingerprint density at radius 3 is 2.67 bits per heavy atom. The highest BCUT2D eigenvalue weighted by Gasteiger charge is 2.34. The van der Waals surface area contributed by atoms with E-state index in [0.29, 0.717) is 26.3 Å². The molecule has 0 saturated carbocycles. The van der Waals surface area contributed by atoms with Crippen LogP contribution in [0.15, 0.2) is 31.2 Å². The Labute approximate surface area is 152 Å². The number of morpholine rings is 1. The smallest absolute Gasteiger partial charge is 0.417 e. The van der Waals surface area contributed by atoms with E-state index in [0.717, 1.165) is 16.7 Å². The normalized spacial score (nSPS) is 15.5. The molecule has 1 amide bonds. The van der Waals surface area contributed by atoms with Crippen LogP contribution < -0.4 is 0 Å². The summed E-state index contributed by atoms with van der Waals surface area (Å²) in [6.07, 6.45) is -0.981. The van der Waals surface area contributed by atoms with Gasteiger partial charge in [-0.15, -0.1) is 10.2 Å². The van der Waals surface area contributed by atoms with E-state index >= 15 is 0 Å². The fraction of sp³-hybridized carbons (Fsp3) is 0.353. The number of allylic oxidation sites excluding steroid dienone is 1.